The fourth-order valence-electron chi connectivity index (χ4n) is 1.91. The Morgan fingerprint density at radius 2 is 2.29 bits per heavy atom. The Labute approximate surface area is 135 Å². The molecule has 1 aromatic heterocycles. The van der Waals surface area contributed by atoms with Crippen molar-refractivity contribution in [2.45, 2.75) is 19.5 Å². The second-order valence-corrected chi connectivity index (χ2v) is 5.84. The molecule has 21 heavy (non-hydrogen) atoms. The Morgan fingerprint density at radius 3 is 2.95 bits per heavy atom. The van der Waals surface area contributed by atoms with E-state index < -0.39 is 5.56 Å². The summed E-state index contributed by atoms with van der Waals surface area (Å²) in [6.07, 6.45) is 1.49. The largest absolute Gasteiger partial charge is 0.394 e. The molecule has 0 fully saturated rings. The number of hydrogen-bond acceptors (Lipinski definition) is 4. The zero-order valence-electron chi connectivity index (χ0n) is 11.4. The maximum Gasteiger partial charge on any atom is 0.287 e. The Balaban J connectivity index is 2.24. The molecule has 1 aromatic carbocycles. The molecule has 0 aliphatic heterocycles. The Hall–Kier alpha value is -1.37. The highest BCUT2D eigenvalue weighted by Crippen LogP contribution is 2.24. The van der Waals surface area contributed by atoms with E-state index in [0.29, 0.717) is 5.69 Å². The van der Waals surface area contributed by atoms with Crippen molar-refractivity contribution in [2.75, 3.05) is 11.9 Å². The number of halogens is 2. The van der Waals surface area contributed by atoms with Crippen LogP contribution in [0, 0.1) is 0 Å². The Morgan fingerprint density at radius 1 is 1.52 bits per heavy atom. The molecule has 0 amide bonds. The van der Waals surface area contributed by atoms with Gasteiger partial charge in [0, 0.05) is 10.5 Å². The van der Waals surface area contributed by atoms with Crippen LogP contribution in [0.4, 0.5) is 5.69 Å². The minimum atomic E-state index is -0.419. The number of nitrogens with one attached hydrogen (secondary N) is 1. The van der Waals surface area contributed by atoms with Crippen molar-refractivity contribution in [1.29, 1.82) is 0 Å². The van der Waals surface area contributed by atoms with Crippen LogP contribution >= 0.6 is 27.5 Å². The molecule has 112 valence electrons. The highest BCUT2D eigenvalue weighted by atomic mass is 79.9. The molecule has 2 rings (SSSR count). The summed E-state index contributed by atoms with van der Waals surface area (Å²) in [6.45, 7) is 1.93. The lowest BCUT2D eigenvalue weighted by Crippen LogP contribution is -2.26. The van der Waals surface area contributed by atoms with Gasteiger partial charge >= 0.3 is 0 Å². The lowest BCUT2D eigenvalue weighted by atomic mass is 10.1. The maximum absolute atomic E-state index is 12.0. The number of hydrogen-bond donors (Lipinski definition) is 2. The van der Waals surface area contributed by atoms with Gasteiger partial charge in [-0.3, -0.25) is 4.79 Å². The van der Waals surface area contributed by atoms with Crippen LogP contribution in [0.3, 0.4) is 0 Å². The van der Waals surface area contributed by atoms with Gasteiger partial charge in [-0.25, -0.2) is 4.68 Å². The minimum Gasteiger partial charge on any atom is -0.394 e. The van der Waals surface area contributed by atoms with Gasteiger partial charge in [0.15, 0.2) is 0 Å². The predicted octanol–water partition coefficient (Wildman–Crippen LogP) is 2.82. The fraction of sp³-hybridized carbons (Fsp3) is 0.286. The van der Waals surface area contributed by atoms with E-state index in [1.165, 1.54) is 6.20 Å². The van der Waals surface area contributed by atoms with E-state index in [-0.39, 0.29) is 24.2 Å². The standard InChI is InChI=1S/C14H15BrClN3O2/c1-9(10-3-2-4-11(15)7-10)18-12-8-17-19(5-6-20)14(21)13(12)16/h2-4,7-9,18,20H,5-6H2,1H3. The third kappa shape index (κ3) is 3.84. The lowest BCUT2D eigenvalue weighted by Gasteiger charge is -2.17. The predicted molar refractivity (Wildman–Crippen MR) is 86.8 cm³/mol. The molecule has 2 N–H and O–H groups in total. The van der Waals surface area contributed by atoms with Crippen LogP contribution in [0.15, 0.2) is 39.7 Å². The molecule has 0 aliphatic rings. The highest BCUT2D eigenvalue weighted by Gasteiger charge is 2.12. The van der Waals surface area contributed by atoms with Gasteiger partial charge in [-0.15, -0.1) is 0 Å². The zero-order chi connectivity index (χ0) is 15.4. The molecule has 0 saturated carbocycles. The molecule has 2 aromatic rings. The molecule has 0 aliphatic carbocycles. The number of nitrogens with zero attached hydrogens (tertiary/aromatic N) is 2. The number of anilines is 1. The first-order valence-electron chi connectivity index (χ1n) is 6.41. The average Bonchev–Trinajstić information content (AvgIpc) is 2.47. The molecule has 0 radical (unpaired) electrons. The van der Waals surface area contributed by atoms with Crippen LogP contribution in [-0.4, -0.2) is 21.5 Å². The van der Waals surface area contributed by atoms with Gasteiger partial charge in [-0.2, -0.15) is 5.10 Å². The normalized spacial score (nSPS) is 12.2. The zero-order valence-corrected chi connectivity index (χ0v) is 13.7. The number of rotatable bonds is 5. The van der Waals surface area contributed by atoms with Crippen LogP contribution in [0.25, 0.3) is 0 Å². The molecule has 0 saturated heterocycles. The van der Waals surface area contributed by atoms with Crippen molar-refractivity contribution < 1.29 is 5.11 Å². The van der Waals surface area contributed by atoms with Crippen molar-refractivity contribution >= 4 is 33.2 Å². The van der Waals surface area contributed by atoms with E-state index in [4.69, 9.17) is 16.7 Å². The molecule has 0 spiro atoms. The quantitative estimate of drug-likeness (QED) is 0.847. The maximum atomic E-state index is 12.0. The van der Waals surface area contributed by atoms with Crippen molar-refractivity contribution in [3.8, 4) is 0 Å². The van der Waals surface area contributed by atoms with Crippen LogP contribution in [0.1, 0.15) is 18.5 Å². The summed E-state index contributed by atoms with van der Waals surface area (Å²) in [5.41, 5.74) is 1.11. The number of benzene rings is 1. The second-order valence-electron chi connectivity index (χ2n) is 4.55. The summed E-state index contributed by atoms with van der Waals surface area (Å²) in [5.74, 6) is 0. The van der Waals surface area contributed by atoms with E-state index in [1.54, 1.807) is 0 Å². The average molecular weight is 373 g/mol. The minimum absolute atomic E-state index is 0.0325. The molecule has 0 bridgehead atoms. The molecule has 1 atom stereocenters. The Bertz CT molecular complexity index is 690. The van der Waals surface area contributed by atoms with Gasteiger partial charge in [0.2, 0.25) is 0 Å². The first-order valence-corrected chi connectivity index (χ1v) is 7.58. The molecular formula is C14H15BrClN3O2. The second kappa shape index (κ2) is 7.06. The van der Waals surface area contributed by atoms with Crippen molar-refractivity contribution in [1.82, 2.24) is 9.78 Å². The molecular weight excluding hydrogens is 358 g/mol. The van der Waals surface area contributed by atoms with Crippen LogP contribution in [0.2, 0.25) is 5.02 Å². The third-order valence-corrected chi connectivity index (χ3v) is 3.88. The van der Waals surface area contributed by atoms with Crippen LogP contribution in [-0.2, 0) is 6.54 Å². The van der Waals surface area contributed by atoms with Crippen molar-refractivity contribution in [3.63, 3.8) is 0 Å². The fourth-order valence-corrected chi connectivity index (χ4v) is 2.53. The summed E-state index contributed by atoms with van der Waals surface area (Å²) in [5, 5.41) is 16.1. The lowest BCUT2D eigenvalue weighted by molar-refractivity contribution is 0.266. The SMILES string of the molecule is CC(Nc1cnn(CCO)c(=O)c1Cl)c1cccc(Br)c1. The molecule has 5 nitrogen and oxygen atoms in total. The van der Waals surface area contributed by atoms with Crippen LogP contribution < -0.4 is 10.9 Å². The van der Waals surface area contributed by atoms with E-state index >= 15 is 0 Å². The van der Waals surface area contributed by atoms with Crippen molar-refractivity contribution in [2.24, 2.45) is 0 Å². The highest BCUT2D eigenvalue weighted by molar-refractivity contribution is 9.10. The summed E-state index contributed by atoms with van der Waals surface area (Å²) < 4.78 is 2.12. The van der Waals surface area contributed by atoms with Crippen molar-refractivity contribution in [3.05, 3.63) is 55.9 Å². The monoisotopic (exact) mass is 371 g/mol. The Kier molecular flexibility index (Phi) is 5.39. The van der Waals surface area contributed by atoms with E-state index in [9.17, 15) is 4.79 Å². The number of aromatic nitrogens is 2. The van der Waals surface area contributed by atoms with E-state index in [1.807, 2.05) is 31.2 Å². The van der Waals surface area contributed by atoms with Gasteiger partial charge in [-0.1, -0.05) is 39.7 Å². The topological polar surface area (TPSA) is 67.2 Å². The van der Waals surface area contributed by atoms with E-state index in [2.05, 4.69) is 26.3 Å². The molecule has 1 heterocycles. The van der Waals surface area contributed by atoms with Crippen LogP contribution in [0.5, 0.6) is 0 Å². The third-order valence-electron chi connectivity index (χ3n) is 3.02. The summed E-state index contributed by atoms with van der Waals surface area (Å²) in [6, 6.07) is 7.83. The van der Waals surface area contributed by atoms with Gasteiger partial charge in [0.25, 0.3) is 5.56 Å². The van der Waals surface area contributed by atoms with Gasteiger partial charge in [0.05, 0.1) is 25.0 Å². The van der Waals surface area contributed by atoms with E-state index in [0.717, 1.165) is 14.7 Å². The summed E-state index contributed by atoms with van der Waals surface area (Å²) >= 11 is 9.50. The number of aliphatic hydroxyl groups excluding tert-OH is 1. The smallest absolute Gasteiger partial charge is 0.287 e. The number of aliphatic hydroxyl groups is 1. The first-order chi connectivity index (χ1) is 10.0. The summed E-state index contributed by atoms with van der Waals surface area (Å²) in [4.78, 5) is 12.0. The molecule has 1 unspecified atom stereocenters. The van der Waals surface area contributed by atoms with Gasteiger partial charge in [0.1, 0.15) is 5.02 Å². The van der Waals surface area contributed by atoms with Gasteiger partial charge < -0.3 is 10.4 Å². The van der Waals surface area contributed by atoms with Gasteiger partial charge in [-0.05, 0) is 24.6 Å². The molecule has 7 heteroatoms. The first kappa shape index (κ1) is 16.0. The summed E-state index contributed by atoms with van der Waals surface area (Å²) in [7, 11) is 0.